The molecule has 9 heteroatoms. The third kappa shape index (κ3) is 5.79. The molecule has 0 saturated heterocycles. The van der Waals surface area contributed by atoms with Gasteiger partial charge in [0.15, 0.2) is 0 Å². The predicted octanol–water partition coefficient (Wildman–Crippen LogP) is 1.92. The SMILES string of the molecule is O=C(O)CCNC(=O)Cc1ccc2c(c1)CC(NS(=O)(=O)c1ccc(Cl)cc1)C2. The highest BCUT2D eigenvalue weighted by molar-refractivity contribution is 7.89. The van der Waals surface area contributed by atoms with Gasteiger partial charge in [0.05, 0.1) is 17.7 Å². The molecule has 1 aliphatic carbocycles. The lowest BCUT2D eigenvalue weighted by Crippen LogP contribution is -2.35. The van der Waals surface area contributed by atoms with Crippen LogP contribution in [0.4, 0.5) is 0 Å². The van der Waals surface area contributed by atoms with E-state index in [-0.39, 0.29) is 36.2 Å². The first-order chi connectivity index (χ1) is 13.7. The summed E-state index contributed by atoms with van der Waals surface area (Å²) >= 11 is 5.82. The Hall–Kier alpha value is -2.42. The maximum absolute atomic E-state index is 12.6. The van der Waals surface area contributed by atoms with Crippen molar-refractivity contribution in [1.82, 2.24) is 10.0 Å². The van der Waals surface area contributed by atoms with Crippen LogP contribution >= 0.6 is 11.6 Å². The Bertz CT molecular complexity index is 1020. The molecule has 1 amide bonds. The molecule has 1 atom stereocenters. The second-order valence-corrected chi connectivity index (χ2v) is 9.10. The number of halogens is 1. The number of benzene rings is 2. The van der Waals surface area contributed by atoms with E-state index in [2.05, 4.69) is 10.0 Å². The Balaban J connectivity index is 1.60. The molecule has 154 valence electrons. The van der Waals surface area contributed by atoms with E-state index < -0.39 is 16.0 Å². The van der Waals surface area contributed by atoms with Crippen molar-refractivity contribution in [3.05, 3.63) is 64.2 Å². The number of aliphatic carboxylic acids is 1. The minimum absolute atomic E-state index is 0.0909. The maximum atomic E-state index is 12.6. The van der Waals surface area contributed by atoms with Crippen LogP contribution in [-0.4, -0.2) is 38.0 Å². The largest absolute Gasteiger partial charge is 0.481 e. The molecule has 0 heterocycles. The van der Waals surface area contributed by atoms with Gasteiger partial charge in [-0.15, -0.1) is 0 Å². The number of rotatable bonds is 8. The molecular formula is C20H21ClN2O5S. The van der Waals surface area contributed by atoms with Crippen molar-refractivity contribution in [3.8, 4) is 0 Å². The van der Waals surface area contributed by atoms with Gasteiger partial charge in [0.2, 0.25) is 15.9 Å². The van der Waals surface area contributed by atoms with Crippen molar-refractivity contribution in [2.75, 3.05) is 6.54 Å². The molecule has 1 aliphatic rings. The van der Waals surface area contributed by atoms with E-state index >= 15 is 0 Å². The highest BCUT2D eigenvalue weighted by Crippen LogP contribution is 2.25. The lowest BCUT2D eigenvalue weighted by molar-refractivity contribution is -0.136. The summed E-state index contributed by atoms with van der Waals surface area (Å²) in [7, 11) is -3.65. The molecule has 7 nitrogen and oxygen atoms in total. The number of carboxylic acids is 1. The quantitative estimate of drug-likeness (QED) is 0.585. The van der Waals surface area contributed by atoms with Gasteiger partial charge in [-0.3, -0.25) is 9.59 Å². The van der Waals surface area contributed by atoms with E-state index in [0.29, 0.717) is 17.9 Å². The lowest BCUT2D eigenvalue weighted by Gasteiger charge is -2.12. The number of hydrogen-bond donors (Lipinski definition) is 3. The van der Waals surface area contributed by atoms with Crippen LogP contribution in [0.1, 0.15) is 23.1 Å². The van der Waals surface area contributed by atoms with Gasteiger partial charge in [0, 0.05) is 17.6 Å². The summed E-state index contributed by atoms with van der Waals surface area (Å²) in [6.45, 7) is 0.0909. The molecule has 3 N–H and O–H groups in total. The fraction of sp³-hybridized carbons (Fsp3) is 0.300. The third-order valence-corrected chi connectivity index (χ3v) is 6.46. The normalized spacial score (nSPS) is 15.7. The second-order valence-electron chi connectivity index (χ2n) is 6.95. The fourth-order valence-corrected chi connectivity index (χ4v) is 4.68. The second kappa shape index (κ2) is 8.94. The van der Waals surface area contributed by atoms with Crippen molar-refractivity contribution in [3.63, 3.8) is 0 Å². The van der Waals surface area contributed by atoms with Crippen molar-refractivity contribution < 1.29 is 23.1 Å². The van der Waals surface area contributed by atoms with Gasteiger partial charge in [0.25, 0.3) is 0 Å². The summed E-state index contributed by atoms with van der Waals surface area (Å²) < 4.78 is 27.9. The first-order valence-corrected chi connectivity index (χ1v) is 11.0. The Morgan fingerprint density at radius 2 is 1.76 bits per heavy atom. The van der Waals surface area contributed by atoms with E-state index in [9.17, 15) is 18.0 Å². The first-order valence-electron chi connectivity index (χ1n) is 9.10. The summed E-state index contributed by atoms with van der Waals surface area (Å²) in [5.74, 6) is -1.21. The van der Waals surface area contributed by atoms with E-state index in [1.807, 2.05) is 18.2 Å². The van der Waals surface area contributed by atoms with Crippen LogP contribution in [0.5, 0.6) is 0 Å². The smallest absolute Gasteiger partial charge is 0.305 e. The molecule has 2 aromatic carbocycles. The van der Waals surface area contributed by atoms with Gasteiger partial charge in [-0.2, -0.15) is 0 Å². The molecule has 0 fully saturated rings. The predicted molar refractivity (Wildman–Crippen MR) is 108 cm³/mol. The molecule has 1 unspecified atom stereocenters. The molecule has 0 aliphatic heterocycles. The molecule has 0 radical (unpaired) electrons. The summed E-state index contributed by atoms with van der Waals surface area (Å²) in [6.07, 6.45) is 1.14. The first kappa shape index (κ1) is 21.3. The molecular weight excluding hydrogens is 416 g/mol. The topological polar surface area (TPSA) is 113 Å². The molecule has 3 rings (SSSR count). The summed E-state index contributed by atoms with van der Waals surface area (Å²) in [5.41, 5.74) is 2.85. The Kier molecular flexibility index (Phi) is 6.56. The average Bonchev–Trinajstić information content (AvgIpc) is 3.02. The van der Waals surface area contributed by atoms with E-state index in [1.54, 1.807) is 0 Å². The molecule has 29 heavy (non-hydrogen) atoms. The number of nitrogens with one attached hydrogen (secondary N) is 2. The average molecular weight is 437 g/mol. The molecule has 0 aromatic heterocycles. The summed E-state index contributed by atoms with van der Waals surface area (Å²) in [6, 6.07) is 11.4. The molecule has 0 saturated carbocycles. The van der Waals surface area contributed by atoms with Crippen LogP contribution in [0.25, 0.3) is 0 Å². The summed E-state index contributed by atoms with van der Waals surface area (Å²) in [4.78, 5) is 22.6. The van der Waals surface area contributed by atoms with Gasteiger partial charge in [-0.1, -0.05) is 29.8 Å². The summed E-state index contributed by atoms with van der Waals surface area (Å²) in [5, 5.41) is 11.6. The Morgan fingerprint density at radius 1 is 1.07 bits per heavy atom. The minimum Gasteiger partial charge on any atom is -0.481 e. The lowest BCUT2D eigenvalue weighted by atomic mass is 10.0. The van der Waals surface area contributed by atoms with Crippen LogP contribution in [0, 0.1) is 0 Å². The molecule has 2 aromatic rings. The van der Waals surface area contributed by atoms with Crippen LogP contribution < -0.4 is 10.0 Å². The van der Waals surface area contributed by atoms with Gasteiger partial charge in [0.1, 0.15) is 0 Å². The number of carbonyl (C=O) groups is 2. The number of hydrogen-bond acceptors (Lipinski definition) is 4. The van der Waals surface area contributed by atoms with Crippen LogP contribution in [-0.2, 0) is 38.9 Å². The third-order valence-electron chi connectivity index (χ3n) is 4.67. The van der Waals surface area contributed by atoms with Crippen LogP contribution in [0.3, 0.4) is 0 Å². The monoisotopic (exact) mass is 436 g/mol. The zero-order chi connectivity index (χ0) is 21.0. The molecule has 0 spiro atoms. The number of amides is 1. The standard InChI is InChI=1S/C20H21ClN2O5S/c21-16-3-5-18(6-4-16)29(27,28)23-17-11-14-2-1-13(9-15(14)12-17)10-19(24)22-8-7-20(25)26/h1-6,9,17,23H,7-8,10-12H2,(H,22,24)(H,25,26). The Morgan fingerprint density at radius 3 is 2.45 bits per heavy atom. The molecule has 0 bridgehead atoms. The fourth-order valence-electron chi connectivity index (χ4n) is 3.32. The highest BCUT2D eigenvalue weighted by Gasteiger charge is 2.26. The number of carbonyl (C=O) groups excluding carboxylic acids is 1. The number of carboxylic acid groups (broad SMARTS) is 1. The highest BCUT2D eigenvalue weighted by atomic mass is 35.5. The number of sulfonamides is 1. The van der Waals surface area contributed by atoms with Gasteiger partial charge in [-0.25, -0.2) is 13.1 Å². The van der Waals surface area contributed by atoms with Crippen molar-refractivity contribution in [2.45, 2.75) is 36.6 Å². The van der Waals surface area contributed by atoms with E-state index in [4.69, 9.17) is 16.7 Å². The van der Waals surface area contributed by atoms with Gasteiger partial charge >= 0.3 is 5.97 Å². The van der Waals surface area contributed by atoms with Crippen molar-refractivity contribution in [2.24, 2.45) is 0 Å². The van der Waals surface area contributed by atoms with Crippen LogP contribution in [0.2, 0.25) is 5.02 Å². The van der Waals surface area contributed by atoms with E-state index in [0.717, 1.165) is 16.7 Å². The minimum atomic E-state index is -3.65. The zero-order valence-corrected chi connectivity index (χ0v) is 17.1. The Labute approximate surface area is 174 Å². The van der Waals surface area contributed by atoms with Gasteiger partial charge in [-0.05, 0) is 53.8 Å². The van der Waals surface area contributed by atoms with Gasteiger partial charge < -0.3 is 10.4 Å². The van der Waals surface area contributed by atoms with Crippen molar-refractivity contribution >= 4 is 33.5 Å². The zero-order valence-electron chi connectivity index (χ0n) is 15.5. The van der Waals surface area contributed by atoms with Crippen molar-refractivity contribution in [1.29, 1.82) is 0 Å². The maximum Gasteiger partial charge on any atom is 0.305 e. The number of fused-ring (bicyclic) bond motifs is 1. The van der Waals surface area contributed by atoms with Crippen LogP contribution in [0.15, 0.2) is 47.4 Å². The van der Waals surface area contributed by atoms with E-state index in [1.165, 1.54) is 24.3 Å².